The molecule has 0 radical (unpaired) electrons. The van der Waals surface area contributed by atoms with Gasteiger partial charge in [-0.1, -0.05) is 0 Å². The summed E-state index contributed by atoms with van der Waals surface area (Å²) in [6.45, 7) is 0. The molecule has 0 unspecified atom stereocenters. The molecule has 0 spiro atoms. The second-order valence-corrected chi connectivity index (χ2v) is 6.85. The first-order valence-corrected chi connectivity index (χ1v) is 8.64. The summed E-state index contributed by atoms with van der Waals surface area (Å²) >= 11 is 0. The lowest BCUT2D eigenvalue weighted by Crippen LogP contribution is -2.07. The van der Waals surface area contributed by atoms with E-state index in [1.807, 2.05) is 0 Å². The first kappa shape index (κ1) is 17.1. The third-order valence-corrected chi connectivity index (χ3v) is 5.11. The van der Waals surface area contributed by atoms with Gasteiger partial charge >= 0.3 is 11.3 Å². The number of phenols is 5. The fraction of sp³-hybridized carbons (Fsp3) is 0. The van der Waals surface area contributed by atoms with E-state index in [2.05, 4.69) is 0 Å². The van der Waals surface area contributed by atoms with Gasteiger partial charge in [0.2, 0.25) is 28.4 Å². The Morgan fingerprint density at radius 2 is 1.06 bits per heavy atom. The van der Waals surface area contributed by atoms with Crippen LogP contribution in [0.1, 0.15) is 0 Å². The van der Waals surface area contributed by atoms with Gasteiger partial charge in [0.1, 0.15) is 0 Å². The van der Waals surface area contributed by atoms with Crippen molar-refractivity contribution in [1.82, 2.24) is 0 Å². The summed E-state index contributed by atoms with van der Waals surface area (Å²) < 4.78 is 21.7. The standard InChI is InChI=1S/C20H8O11/c21-6-1-4-10-11-5(20(27)30-17(10)13(6)24)2-8-16(18(11)31-19(4)26)29-9-3-7(22)12(23)14(25)15(9)28-8/h1-3,21-25H. The molecular formula is C20H8O11. The Labute approximate surface area is 166 Å². The molecule has 3 aromatic heterocycles. The van der Waals surface area contributed by atoms with Crippen molar-refractivity contribution in [1.29, 1.82) is 0 Å². The zero-order valence-electron chi connectivity index (χ0n) is 14.9. The summed E-state index contributed by atoms with van der Waals surface area (Å²) in [5, 5.41) is 49.4. The number of hydrogen-bond acceptors (Lipinski definition) is 11. The van der Waals surface area contributed by atoms with Crippen molar-refractivity contribution in [2.24, 2.45) is 0 Å². The third-order valence-electron chi connectivity index (χ3n) is 5.11. The zero-order valence-corrected chi connectivity index (χ0v) is 14.9. The molecule has 154 valence electrons. The average molecular weight is 424 g/mol. The summed E-state index contributed by atoms with van der Waals surface area (Å²) in [7, 11) is 0. The highest BCUT2D eigenvalue weighted by molar-refractivity contribution is 6.25. The first-order valence-electron chi connectivity index (χ1n) is 8.64. The van der Waals surface area contributed by atoms with E-state index in [4.69, 9.17) is 17.7 Å². The van der Waals surface area contributed by atoms with Crippen LogP contribution in [0, 0.1) is 0 Å². The average Bonchev–Trinajstić information content (AvgIpc) is 2.74. The molecule has 0 aliphatic carbocycles. The lowest BCUT2D eigenvalue weighted by atomic mass is 10.0. The van der Waals surface area contributed by atoms with E-state index < -0.39 is 45.6 Å². The minimum absolute atomic E-state index is 0.0183. The van der Waals surface area contributed by atoms with Crippen LogP contribution in [0.2, 0.25) is 0 Å². The van der Waals surface area contributed by atoms with Crippen molar-refractivity contribution >= 4 is 55.0 Å². The zero-order chi connectivity index (χ0) is 21.8. The number of hydrogen-bond donors (Lipinski definition) is 5. The molecule has 0 aliphatic heterocycles. The number of rotatable bonds is 0. The summed E-state index contributed by atoms with van der Waals surface area (Å²) in [5.41, 5.74) is -3.38. The number of benzene rings is 3. The molecule has 0 saturated carbocycles. The molecule has 31 heavy (non-hydrogen) atoms. The van der Waals surface area contributed by atoms with E-state index in [1.165, 1.54) is 6.07 Å². The molecule has 0 atom stereocenters. The maximum atomic E-state index is 12.6. The van der Waals surface area contributed by atoms with Gasteiger partial charge < -0.3 is 43.2 Å². The number of phenolic OH excluding ortho intramolecular Hbond substituents is 5. The molecule has 0 aliphatic rings. The fourth-order valence-electron chi connectivity index (χ4n) is 3.73. The van der Waals surface area contributed by atoms with Crippen LogP contribution in [-0.2, 0) is 0 Å². The minimum atomic E-state index is -0.941. The lowest BCUT2D eigenvalue weighted by molar-refractivity contribution is 0.365. The molecule has 3 heterocycles. The third kappa shape index (κ3) is 1.96. The normalized spacial score (nSPS) is 12.1. The SMILES string of the molecule is O=c1oc2c3oc4cc(O)c(O)c(O)c4oc3cc3c(=O)oc4c(O)c(O)cc1c4c32. The summed E-state index contributed by atoms with van der Waals surface area (Å²) in [4.78, 5) is 25.2. The highest BCUT2D eigenvalue weighted by Crippen LogP contribution is 2.45. The van der Waals surface area contributed by atoms with Gasteiger partial charge in [0.25, 0.3) is 0 Å². The maximum absolute atomic E-state index is 12.6. The molecule has 6 aromatic rings. The molecule has 0 saturated heterocycles. The van der Waals surface area contributed by atoms with E-state index in [0.717, 1.165) is 12.1 Å². The largest absolute Gasteiger partial charge is 0.504 e. The van der Waals surface area contributed by atoms with Gasteiger partial charge in [-0.25, -0.2) is 9.59 Å². The Morgan fingerprint density at radius 3 is 1.81 bits per heavy atom. The minimum Gasteiger partial charge on any atom is -0.504 e. The summed E-state index contributed by atoms with van der Waals surface area (Å²) in [6, 6.07) is 3.16. The fourth-order valence-corrected chi connectivity index (χ4v) is 3.73. The quantitative estimate of drug-likeness (QED) is 0.104. The molecule has 3 aromatic carbocycles. The second-order valence-electron chi connectivity index (χ2n) is 6.85. The van der Waals surface area contributed by atoms with Gasteiger partial charge in [-0.2, -0.15) is 0 Å². The maximum Gasteiger partial charge on any atom is 0.344 e. The Morgan fingerprint density at radius 1 is 0.516 bits per heavy atom. The lowest BCUT2D eigenvalue weighted by Gasteiger charge is -2.11. The Hall–Kier alpha value is -4.80. The number of fused-ring (bicyclic) bond motifs is 3. The summed E-state index contributed by atoms with van der Waals surface area (Å²) in [6.07, 6.45) is 0. The van der Waals surface area contributed by atoms with Crippen molar-refractivity contribution in [3.63, 3.8) is 0 Å². The van der Waals surface area contributed by atoms with Crippen LogP contribution in [0.15, 0.2) is 45.5 Å². The van der Waals surface area contributed by atoms with Crippen molar-refractivity contribution in [3.05, 3.63) is 39.0 Å². The van der Waals surface area contributed by atoms with E-state index in [0.29, 0.717) is 0 Å². The van der Waals surface area contributed by atoms with Crippen LogP contribution in [0.5, 0.6) is 28.7 Å². The second kappa shape index (κ2) is 5.21. The topological polar surface area (TPSA) is 188 Å². The van der Waals surface area contributed by atoms with Crippen LogP contribution in [-0.4, -0.2) is 25.5 Å². The molecule has 11 nitrogen and oxygen atoms in total. The van der Waals surface area contributed by atoms with Crippen molar-refractivity contribution in [3.8, 4) is 28.7 Å². The van der Waals surface area contributed by atoms with Gasteiger partial charge in [-0.05, 0) is 6.07 Å². The smallest absolute Gasteiger partial charge is 0.344 e. The molecule has 0 fully saturated rings. The summed E-state index contributed by atoms with van der Waals surface area (Å²) in [5.74, 6) is -3.75. The Kier molecular flexibility index (Phi) is 2.88. The Bertz CT molecular complexity index is 1880. The van der Waals surface area contributed by atoms with E-state index >= 15 is 0 Å². The molecular weight excluding hydrogens is 416 g/mol. The molecule has 11 heteroatoms. The highest BCUT2D eigenvalue weighted by atomic mass is 16.4. The van der Waals surface area contributed by atoms with Gasteiger partial charge in [0, 0.05) is 22.9 Å². The Balaban J connectivity index is 1.96. The van der Waals surface area contributed by atoms with Crippen LogP contribution in [0.4, 0.5) is 0 Å². The van der Waals surface area contributed by atoms with Crippen LogP contribution < -0.4 is 11.3 Å². The van der Waals surface area contributed by atoms with Gasteiger partial charge in [0.05, 0.1) is 10.8 Å². The van der Waals surface area contributed by atoms with Crippen LogP contribution in [0.25, 0.3) is 55.0 Å². The first-order chi connectivity index (χ1) is 14.8. The predicted molar refractivity (Wildman–Crippen MR) is 104 cm³/mol. The molecule has 5 N–H and O–H groups in total. The van der Waals surface area contributed by atoms with Crippen LogP contribution in [0.3, 0.4) is 0 Å². The van der Waals surface area contributed by atoms with Gasteiger partial charge in [-0.15, -0.1) is 0 Å². The van der Waals surface area contributed by atoms with Crippen LogP contribution >= 0.6 is 0 Å². The van der Waals surface area contributed by atoms with E-state index in [-0.39, 0.29) is 49.5 Å². The molecule has 0 amide bonds. The van der Waals surface area contributed by atoms with Crippen molar-refractivity contribution < 1.29 is 43.2 Å². The van der Waals surface area contributed by atoms with E-state index in [1.54, 1.807) is 0 Å². The molecule has 6 rings (SSSR count). The highest BCUT2D eigenvalue weighted by Gasteiger charge is 2.26. The monoisotopic (exact) mass is 424 g/mol. The van der Waals surface area contributed by atoms with Gasteiger partial charge in [-0.3, -0.25) is 0 Å². The number of aromatic hydroxyl groups is 5. The van der Waals surface area contributed by atoms with Crippen molar-refractivity contribution in [2.45, 2.75) is 0 Å². The van der Waals surface area contributed by atoms with Gasteiger partial charge in [0.15, 0.2) is 33.8 Å². The molecule has 0 bridgehead atoms. The van der Waals surface area contributed by atoms with E-state index in [9.17, 15) is 35.1 Å². The van der Waals surface area contributed by atoms with Crippen molar-refractivity contribution in [2.75, 3.05) is 0 Å². The predicted octanol–water partition coefficient (Wildman–Crippen LogP) is 3.07.